The van der Waals surface area contributed by atoms with Crippen LogP contribution in [0.15, 0.2) is 34.7 Å². The monoisotopic (exact) mass is 262 g/mol. The number of nitrogens with one attached hydrogen (secondary N) is 1. The van der Waals surface area contributed by atoms with E-state index in [-0.39, 0.29) is 4.87 Å². The molecule has 84 valence electrons. The molecule has 0 unspecified atom stereocenters. The maximum absolute atomic E-state index is 11.0. The molecule has 17 heavy (non-hydrogen) atoms. The second-order valence-corrected chi connectivity index (χ2v) is 4.81. The van der Waals surface area contributed by atoms with Crippen molar-refractivity contribution < 1.29 is 0 Å². The number of aromatic nitrogens is 4. The molecule has 3 aromatic heterocycles. The van der Waals surface area contributed by atoms with Gasteiger partial charge in [0, 0.05) is 34.9 Å². The van der Waals surface area contributed by atoms with Crippen LogP contribution in [0.3, 0.4) is 0 Å². The largest absolute Gasteiger partial charge is 0.323 e. The minimum absolute atomic E-state index is 0.168. The van der Waals surface area contributed by atoms with Gasteiger partial charge in [-0.1, -0.05) is 0 Å². The van der Waals surface area contributed by atoms with Crippen LogP contribution in [0.5, 0.6) is 0 Å². The molecule has 0 aromatic carbocycles. The average molecular weight is 262 g/mol. The van der Waals surface area contributed by atoms with Crippen molar-refractivity contribution in [2.24, 2.45) is 0 Å². The average Bonchev–Trinajstić information content (AvgIpc) is 2.98. The number of aromatic amines is 1. The van der Waals surface area contributed by atoms with Gasteiger partial charge in [-0.3, -0.25) is 14.8 Å². The maximum atomic E-state index is 11.0. The van der Waals surface area contributed by atoms with E-state index in [0.29, 0.717) is 11.5 Å². The van der Waals surface area contributed by atoms with Gasteiger partial charge in [-0.05, 0) is 12.1 Å². The molecule has 3 rings (SSSR count). The summed E-state index contributed by atoms with van der Waals surface area (Å²) in [5.74, 6) is 0.525. The molecule has 7 heteroatoms. The zero-order valence-corrected chi connectivity index (χ0v) is 10.1. The molecule has 0 saturated carbocycles. The molecule has 1 N–H and O–H groups in total. The van der Waals surface area contributed by atoms with E-state index < -0.39 is 0 Å². The minimum atomic E-state index is -0.168. The van der Waals surface area contributed by atoms with Crippen molar-refractivity contribution >= 4 is 22.9 Å². The molecule has 0 aliphatic carbocycles. The molecular weight excluding hydrogens is 256 g/mol. The third-order valence-electron chi connectivity index (χ3n) is 2.11. The minimum Gasteiger partial charge on any atom is -0.294 e. The van der Waals surface area contributed by atoms with E-state index in [1.165, 1.54) is 11.3 Å². The van der Waals surface area contributed by atoms with Crippen LogP contribution in [0.2, 0.25) is 0 Å². The first-order chi connectivity index (χ1) is 8.33. The summed E-state index contributed by atoms with van der Waals surface area (Å²) in [5.41, 5.74) is 1.70. The van der Waals surface area contributed by atoms with Gasteiger partial charge < -0.3 is 0 Å². The van der Waals surface area contributed by atoms with E-state index in [1.807, 2.05) is 17.5 Å². The predicted octanol–water partition coefficient (Wildman–Crippen LogP) is 2.02. The van der Waals surface area contributed by atoms with Crippen molar-refractivity contribution in [3.8, 4) is 22.1 Å². The van der Waals surface area contributed by atoms with Gasteiger partial charge in [0.1, 0.15) is 10.7 Å². The third kappa shape index (κ3) is 2.02. The number of hydrogen-bond donors (Lipinski definition) is 1. The zero-order chi connectivity index (χ0) is 11.7. The van der Waals surface area contributed by atoms with Gasteiger partial charge in [-0.15, -0.1) is 11.3 Å². The van der Waals surface area contributed by atoms with Crippen molar-refractivity contribution in [1.29, 1.82) is 0 Å². The number of H-pyrrole nitrogens is 1. The Hall–Kier alpha value is -1.86. The molecule has 3 heterocycles. The summed E-state index contributed by atoms with van der Waals surface area (Å²) in [6, 6.07) is 3.79. The van der Waals surface area contributed by atoms with Gasteiger partial charge in [0.05, 0.1) is 0 Å². The Bertz CT molecular complexity index is 685. The van der Waals surface area contributed by atoms with Gasteiger partial charge in [-0.2, -0.15) is 4.37 Å². The first-order valence-electron chi connectivity index (χ1n) is 4.75. The van der Waals surface area contributed by atoms with Crippen LogP contribution in [0.1, 0.15) is 0 Å². The van der Waals surface area contributed by atoms with Gasteiger partial charge >= 0.3 is 4.87 Å². The molecule has 0 amide bonds. The van der Waals surface area contributed by atoms with E-state index in [4.69, 9.17) is 0 Å². The number of pyridine rings is 1. The first kappa shape index (κ1) is 10.3. The summed E-state index contributed by atoms with van der Waals surface area (Å²) >= 11 is 2.41. The fourth-order valence-electron chi connectivity index (χ4n) is 1.35. The first-order valence-corrected chi connectivity index (χ1v) is 6.40. The van der Waals surface area contributed by atoms with E-state index >= 15 is 0 Å². The molecule has 0 saturated heterocycles. The highest BCUT2D eigenvalue weighted by Gasteiger charge is 2.09. The summed E-state index contributed by atoms with van der Waals surface area (Å²) in [7, 11) is 0. The molecule has 0 radical (unpaired) electrons. The van der Waals surface area contributed by atoms with Gasteiger partial charge in [0.25, 0.3) is 0 Å². The Balaban J connectivity index is 2.01. The second kappa shape index (κ2) is 4.19. The Morgan fingerprint density at radius 3 is 2.76 bits per heavy atom. The van der Waals surface area contributed by atoms with Crippen molar-refractivity contribution in [3.63, 3.8) is 0 Å². The van der Waals surface area contributed by atoms with E-state index in [9.17, 15) is 4.79 Å². The van der Waals surface area contributed by atoms with Crippen LogP contribution >= 0.6 is 22.9 Å². The Labute approximate surface area is 104 Å². The lowest BCUT2D eigenvalue weighted by Crippen LogP contribution is -1.92. The van der Waals surface area contributed by atoms with E-state index in [1.54, 1.807) is 12.4 Å². The highest BCUT2D eigenvalue weighted by Crippen LogP contribution is 2.26. The SMILES string of the molecule is O=c1[nH]c(-c2csc(-c3ccncc3)n2)ns1. The summed E-state index contributed by atoms with van der Waals surface area (Å²) in [4.78, 5) is 21.9. The van der Waals surface area contributed by atoms with Gasteiger partial charge in [-0.25, -0.2) is 4.98 Å². The van der Waals surface area contributed by atoms with Crippen LogP contribution in [-0.2, 0) is 0 Å². The fourth-order valence-corrected chi connectivity index (χ4v) is 2.62. The predicted molar refractivity (Wildman–Crippen MR) is 67.1 cm³/mol. The Morgan fingerprint density at radius 1 is 1.24 bits per heavy atom. The van der Waals surface area contributed by atoms with E-state index in [0.717, 1.165) is 22.1 Å². The van der Waals surface area contributed by atoms with Crippen LogP contribution in [-0.4, -0.2) is 19.3 Å². The topological polar surface area (TPSA) is 71.5 Å². The maximum Gasteiger partial charge on any atom is 0.323 e. The molecule has 3 aromatic rings. The molecule has 0 fully saturated rings. The highest BCUT2D eigenvalue weighted by molar-refractivity contribution is 7.13. The molecule has 0 spiro atoms. The molecule has 0 aliphatic rings. The molecule has 0 bridgehead atoms. The summed E-state index contributed by atoms with van der Waals surface area (Å²) in [6.45, 7) is 0. The van der Waals surface area contributed by atoms with Crippen LogP contribution in [0, 0.1) is 0 Å². The van der Waals surface area contributed by atoms with Gasteiger partial charge in [0.2, 0.25) is 0 Å². The molecule has 0 atom stereocenters. The third-order valence-corrected chi connectivity index (χ3v) is 3.55. The van der Waals surface area contributed by atoms with Crippen molar-refractivity contribution in [1.82, 2.24) is 19.3 Å². The summed E-state index contributed by atoms with van der Waals surface area (Å²) in [5, 5.41) is 2.76. The normalized spacial score (nSPS) is 10.6. The smallest absolute Gasteiger partial charge is 0.294 e. The number of rotatable bonds is 2. The number of thiazole rings is 1. The highest BCUT2D eigenvalue weighted by atomic mass is 32.1. The fraction of sp³-hybridized carbons (Fsp3) is 0. The lowest BCUT2D eigenvalue weighted by molar-refractivity contribution is 1.24. The van der Waals surface area contributed by atoms with Crippen molar-refractivity contribution in [2.45, 2.75) is 0 Å². The zero-order valence-electron chi connectivity index (χ0n) is 8.45. The van der Waals surface area contributed by atoms with Crippen LogP contribution in [0.25, 0.3) is 22.1 Å². The number of nitrogens with zero attached hydrogens (tertiary/aromatic N) is 3. The summed E-state index contributed by atoms with van der Waals surface area (Å²) in [6.07, 6.45) is 3.45. The Morgan fingerprint density at radius 2 is 2.06 bits per heavy atom. The molecule has 5 nitrogen and oxygen atoms in total. The number of hydrogen-bond acceptors (Lipinski definition) is 6. The van der Waals surface area contributed by atoms with Gasteiger partial charge in [0.15, 0.2) is 5.82 Å². The second-order valence-electron chi connectivity index (χ2n) is 3.22. The van der Waals surface area contributed by atoms with Crippen LogP contribution < -0.4 is 4.87 Å². The van der Waals surface area contributed by atoms with Crippen LogP contribution in [0.4, 0.5) is 0 Å². The lowest BCUT2D eigenvalue weighted by Gasteiger charge is -1.92. The van der Waals surface area contributed by atoms with Crippen molar-refractivity contribution in [2.75, 3.05) is 0 Å². The lowest BCUT2D eigenvalue weighted by atomic mass is 10.3. The standard InChI is InChI=1S/C10H6N4OS2/c15-10-13-8(14-17-10)7-5-16-9(12-7)6-1-3-11-4-2-6/h1-5H,(H,13,14,15). The van der Waals surface area contributed by atoms with E-state index in [2.05, 4.69) is 19.3 Å². The quantitative estimate of drug-likeness (QED) is 0.767. The molecule has 0 aliphatic heterocycles. The Kier molecular flexibility index (Phi) is 2.54. The summed E-state index contributed by atoms with van der Waals surface area (Å²) < 4.78 is 4.00. The van der Waals surface area contributed by atoms with Crippen molar-refractivity contribution in [3.05, 3.63) is 39.6 Å². The molecular formula is C10H6N4OS2.